The monoisotopic (exact) mass is 377 g/mol. The second-order valence-corrected chi connectivity index (χ2v) is 6.21. The highest BCUT2D eigenvalue weighted by atomic mass is 79.9. The van der Waals surface area contributed by atoms with Gasteiger partial charge in [-0.25, -0.2) is 0 Å². The summed E-state index contributed by atoms with van der Waals surface area (Å²) in [6.07, 6.45) is 0.637. The molecule has 2 atom stereocenters. The summed E-state index contributed by atoms with van der Waals surface area (Å²) in [5.41, 5.74) is 1.17. The van der Waals surface area contributed by atoms with Crippen molar-refractivity contribution in [1.82, 2.24) is 5.32 Å². The summed E-state index contributed by atoms with van der Waals surface area (Å²) in [4.78, 5) is 11.5. The Morgan fingerprint density at radius 2 is 2.14 bits per heavy atom. The summed E-state index contributed by atoms with van der Waals surface area (Å²) in [6, 6.07) is 5.77. The normalized spacial score (nSPS) is 21.0. The SMILES string of the molecule is COC(=O)C1CC(Oc2ccc(Br)cc2C(C)C)CN1.Cl. The minimum Gasteiger partial charge on any atom is -0.489 e. The van der Waals surface area contributed by atoms with Crippen LogP contribution in [0.2, 0.25) is 0 Å². The molecule has 2 rings (SSSR count). The molecule has 1 aromatic carbocycles. The fraction of sp³-hybridized carbons (Fsp3) is 0.533. The summed E-state index contributed by atoms with van der Waals surface area (Å²) in [5, 5.41) is 3.13. The summed E-state index contributed by atoms with van der Waals surface area (Å²) in [6.45, 7) is 4.94. The average Bonchev–Trinajstić information content (AvgIpc) is 2.88. The molecule has 1 heterocycles. The average molecular weight is 379 g/mol. The smallest absolute Gasteiger partial charge is 0.323 e. The molecule has 1 N–H and O–H groups in total. The first-order valence-electron chi connectivity index (χ1n) is 6.78. The minimum atomic E-state index is -0.261. The molecule has 0 aromatic heterocycles. The number of rotatable bonds is 4. The molecule has 2 unspecified atom stereocenters. The lowest BCUT2D eigenvalue weighted by Crippen LogP contribution is -2.31. The van der Waals surface area contributed by atoms with Crippen molar-refractivity contribution in [2.45, 2.75) is 38.3 Å². The quantitative estimate of drug-likeness (QED) is 0.817. The molecule has 1 aliphatic rings. The summed E-state index contributed by atoms with van der Waals surface area (Å²) in [5.74, 6) is 1.05. The maximum Gasteiger partial charge on any atom is 0.323 e. The number of benzene rings is 1. The van der Waals surface area contributed by atoms with Crippen LogP contribution in [-0.2, 0) is 9.53 Å². The second kappa shape index (κ2) is 8.01. The van der Waals surface area contributed by atoms with Crippen molar-refractivity contribution in [3.8, 4) is 5.75 Å². The van der Waals surface area contributed by atoms with E-state index in [1.54, 1.807) is 0 Å². The fourth-order valence-electron chi connectivity index (χ4n) is 2.37. The van der Waals surface area contributed by atoms with Gasteiger partial charge in [-0.1, -0.05) is 29.8 Å². The Balaban J connectivity index is 0.00000220. The van der Waals surface area contributed by atoms with Crippen molar-refractivity contribution in [1.29, 1.82) is 0 Å². The van der Waals surface area contributed by atoms with Gasteiger partial charge in [-0.15, -0.1) is 12.4 Å². The van der Waals surface area contributed by atoms with Crippen LogP contribution in [0, 0.1) is 0 Å². The molecule has 6 heteroatoms. The molecule has 1 fully saturated rings. The zero-order valence-electron chi connectivity index (χ0n) is 12.4. The second-order valence-electron chi connectivity index (χ2n) is 5.30. The van der Waals surface area contributed by atoms with E-state index in [1.165, 1.54) is 12.7 Å². The van der Waals surface area contributed by atoms with E-state index in [0.717, 1.165) is 10.2 Å². The number of hydrogen-bond acceptors (Lipinski definition) is 4. The van der Waals surface area contributed by atoms with Gasteiger partial charge >= 0.3 is 5.97 Å². The molecule has 0 radical (unpaired) electrons. The topological polar surface area (TPSA) is 47.6 Å². The molecule has 0 spiro atoms. The van der Waals surface area contributed by atoms with Crippen molar-refractivity contribution in [2.75, 3.05) is 13.7 Å². The Labute approximate surface area is 140 Å². The number of hydrogen-bond donors (Lipinski definition) is 1. The Bertz CT molecular complexity index is 496. The minimum absolute atomic E-state index is 0. The van der Waals surface area contributed by atoms with Gasteiger partial charge in [0, 0.05) is 17.4 Å². The highest BCUT2D eigenvalue weighted by Gasteiger charge is 2.31. The third-order valence-electron chi connectivity index (χ3n) is 3.46. The van der Waals surface area contributed by atoms with Crippen molar-refractivity contribution >= 4 is 34.3 Å². The van der Waals surface area contributed by atoms with E-state index < -0.39 is 0 Å². The maximum atomic E-state index is 11.5. The van der Waals surface area contributed by atoms with E-state index in [4.69, 9.17) is 9.47 Å². The molecule has 0 saturated carbocycles. The van der Waals surface area contributed by atoms with Crippen LogP contribution < -0.4 is 10.1 Å². The fourth-order valence-corrected chi connectivity index (χ4v) is 2.75. The highest BCUT2D eigenvalue weighted by molar-refractivity contribution is 9.10. The van der Waals surface area contributed by atoms with Gasteiger partial charge in [-0.05, 0) is 29.7 Å². The molecule has 1 saturated heterocycles. The largest absolute Gasteiger partial charge is 0.489 e. The summed E-state index contributed by atoms with van der Waals surface area (Å²) < 4.78 is 11.9. The molecule has 4 nitrogen and oxygen atoms in total. The first-order chi connectivity index (χ1) is 9.51. The van der Waals surface area contributed by atoms with E-state index in [9.17, 15) is 4.79 Å². The van der Waals surface area contributed by atoms with Crippen LogP contribution >= 0.6 is 28.3 Å². The van der Waals surface area contributed by atoms with Gasteiger partial charge in [0.05, 0.1) is 7.11 Å². The van der Waals surface area contributed by atoms with E-state index >= 15 is 0 Å². The first kappa shape index (κ1) is 18.3. The van der Waals surface area contributed by atoms with Crippen molar-refractivity contribution in [2.24, 2.45) is 0 Å². The molecule has 1 aliphatic heterocycles. The van der Waals surface area contributed by atoms with Gasteiger partial charge < -0.3 is 14.8 Å². The van der Waals surface area contributed by atoms with Crippen LogP contribution in [0.5, 0.6) is 5.75 Å². The van der Waals surface area contributed by atoms with Crippen LogP contribution in [0.15, 0.2) is 22.7 Å². The zero-order chi connectivity index (χ0) is 14.7. The zero-order valence-corrected chi connectivity index (χ0v) is 14.8. The van der Waals surface area contributed by atoms with E-state index in [1.807, 2.05) is 12.1 Å². The predicted molar refractivity (Wildman–Crippen MR) is 88.3 cm³/mol. The van der Waals surface area contributed by atoms with Gasteiger partial charge in [0.25, 0.3) is 0 Å². The lowest BCUT2D eigenvalue weighted by atomic mass is 10.0. The first-order valence-corrected chi connectivity index (χ1v) is 7.58. The molecule has 0 amide bonds. The Morgan fingerprint density at radius 1 is 1.43 bits per heavy atom. The lowest BCUT2D eigenvalue weighted by molar-refractivity contribution is -0.142. The number of esters is 1. The summed E-state index contributed by atoms with van der Waals surface area (Å²) in [7, 11) is 1.41. The number of ether oxygens (including phenoxy) is 2. The van der Waals surface area contributed by atoms with Crippen LogP contribution in [0.4, 0.5) is 0 Å². The Hall–Kier alpha value is -0.780. The van der Waals surface area contributed by atoms with Crippen LogP contribution in [0.3, 0.4) is 0 Å². The van der Waals surface area contributed by atoms with Gasteiger partial charge in [0.15, 0.2) is 0 Å². The molecular formula is C15H21BrClNO3. The van der Waals surface area contributed by atoms with Crippen molar-refractivity contribution in [3.05, 3.63) is 28.2 Å². The lowest BCUT2D eigenvalue weighted by Gasteiger charge is -2.18. The van der Waals surface area contributed by atoms with Crippen molar-refractivity contribution in [3.63, 3.8) is 0 Å². The van der Waals surface area contributed by atoms with Gasteiger partial charge in [0.1, 0.15) is 17.9 Å². The van der Waals surface area contributed by atoms with Crippen LogP contribution in [0.1, 0.15) is 31.7 Å². The Morgan fingerprint density at radius 3 is 2.76 bits per heavy atom. The van der Waals surface area contributed by atoms with E-state index in [0.29, 0.717) is 18.9 Å². The standard InChI is InChI=1S/C15H20BrNO3.ClH/c1-9(2)12-6-10(16)4-5-14(12)20-11-7-13(17-8-11)15(18)19-3;/h4-6,9,11,13,17H,7-8H2,1-3H3;1H. The molecule has 21 heavy (non-hydrogen) atoms. The number of carbonyl (C=O) groups excluding carboxylic acids is 1. The number of halogens is 2. The molecule has 1 aromatic rings. The van der Waals surface area contributed by atoms with Gasteiger partial charge in [-0.3, -0.25) is 4.79 Å². The van der Waals surface area contributed by atoms with Gasteiger partial charge in [0.2, 0.25) is 0 Å². The maximum absolute atomic E-state index is 11.5. The predicted octanol–water partition coefficient (Wildman–Crippen LogP) is 3.28. The molecule has 118 valence electrons. The molecule has 0 aliphatic carbocycles. The Kier molecular flexibility index (Phi) is 6.97. The van der Waals surface area contributed by atoms with Crippen LogP contribution in [0.25, 0.3) is 0 Å². The molecule has 0 bridgehead atoms. The highest BCUT2D eigenvalue weighted by Crippen LogP contribution is 2.31. The van der Waals surface area contributed by atoms with Gasteiger partial charge in [-0.2, -0.15) is 0 Å². The number of nitrogens with one attached hydrogen (secondary N) is 1. The summed E-state index contributed by atoms with van der Waals surface area (Å²) >= 11 is 3.49. The number of carbonyl (C=O) groups is 1. The third-order valence-corrected chi connectivity index (χ3v) is 3.96. The molecular weight excluding hydrogens is 358 g/mol. The third kappa shape index (κ3) is 4.59. The van der Waals surface area contributed by atoms with E-state index in [-0.39, 0.29) is 30.5 Å². The van der Waals surface area contributed by atoms with Crippen LogP contribution in [-0.4, -0.2) is 31.8 Å². The van der Waals surface area contributed by atoms with Crippen molar-refractivity contribution < 1.29 is 14.3 Å². The number of methoxy groups -OCH3 is 1. The van der Waals surface area contributed by atoms with E-state index in [2.05, 4.69) is 41.2 Å².